The molecule has 0 bridgehead atoms. The average molecular weight is 321 g/mol. The normalized spacial score (nSPS) is 23.9. The first-order valence-electron chi connectivity index (χ1n) is 8.46. The Kier molecular flexibility index (Phi) is 4.55. The molecule has 1 aromatic rings. The van der Waals surface area contributed by atoms with Crippen LogP contribution in [0.15, 0.2) is 0 Å². The molecular weight excluding hydrogens is 294 g/mol. The van der Waals surface area contributed by atoms with Crippen LogP contribution < -0.4 is 0 Å². The van der Waals surface area contributed by atoms with Gasteiger partial charge in [0.1, 0.15) is 4.88 Å². The fraction of sp³-hybridized carbons (Fsp3) is 0.765. The van der Waals surface area contributed by atoms with Crippen LogP contribution in [-0.2, 0) is 0 Å². The average Bonchev–Trinajstić information content (AvgIpc) is 3.24. The van der Waals surface area contributed by atoms with Crippen LogP contribution in [-0.4, -0.2) is 52.9 Å². The van der Waals surface area contributed by atoms with Crippen molar-refractivity contribution in [3.05, 3.63) is 15.6 Å². The molecule has 22 heavy (non-hydrogen) atoms. The molecule has 0 N–H and O–H groups in total. The molecular formula is C17H27N3OS. The summed E-state index contributed by atoms with van der Waals surface area (Å²) >= 11 is 1.58. The Labute approximate surface area is 137 Å². The Hall–Kier alpha value is -0.940. The highest BCUT2D eigenvalue weighted by Gasteiger charge is 2.33. The highest BCUT2D eigenvalue weighted by atomic mass is 32.1. The molecule has 2 fully saturated rings. The molecule has 1 aromatic heterocycles. The molecule has 122 valence electrons. The van der Waals surface area contributed by atoms with Crippen LogP contribution >= 0.6 is 11.3 Å². The van der Waals surface area contributed by atoms with E-state index in [1.54, 1.807) is 11.3 Å². The number of carbonyl (C=O) groups is 1. The molecule has 2 aliphatic rings. The number of rotatable bonds is 3. The van der Waals surface area contributed by atoms with E-state index >= 15 is 0 Å². The molecule has 0 spiro atoms. The van der Waals surface area contributed by atoms with Gasteiger partial charge < -0.3 is 4.90 Å². The van der Waals surface area contributed by atoms with Gasteiger partial charge >= 0.3 is 0 Å². The van der Waals surface area contributed by atoms with Crippen LogP contribution in [0.5, 0.6) is 0 Å². The summed E-state index contributed by atoms with van der Waals surface area (Å²) in [5.41, 5.74) is 0.898. The van der Waals surface area contributed by atoms with E-state index in [0.29, 0.717) is 11.8 Å². The second kappa shape index (κ2) is 6.28. The largest absolute Gasteiger partial charge is 0.336 e. The standard InChI is InChI=1S/C17H27N3OS/c1-11(2)16-18-13(4)15(22-16)17(21)20-8-7-19(14-5-6-14)9-12(3)10-20/h11-12,14H,5-10H2,1-4H3. The minimum absolute atomic E-state index is 0.186. The first-order chi connectivity index (χ1) is 10.5. The molecule has 3 rings (SSSR count). The molecule has 1 atom stereocenters. The van der Waals surface area contributed by atoms with Gasteiger partial charge in [-0.15, -0.1) is 11.3 Å². The Bertz CT molecular complexity index is 550. The predicted octanol–water partition coefficient (Wildman–Crippen LogP) is 3.13. The molecule has 1 amide bonds. The smallest absolute Gasteiger partial charge is 0.265 e. The van der Waals surface area contributed by atoms with E-state index in [1.165, 1.54) is 12.8 Å². The van der Waals surface area contributed by atoms with Crippen molar-refractivity contribution >= 4 is 17.2 Å². The predicted molar refractivity (Wildman–Crippen MR) is 90.6 cm³/mol. The number of amides is 1. The fourth-order valence-corrected chi connectivity index (χ4v) is 4.27. The van der Waals surface area contributed by atoms with Crippen LogP contribution in [0.25, 0.3) is 0 Å². The molecule has 4 nitrogen and oxygen atoms in total. The van der Waals surface area contributed by atoms with Gasteiger partial charge in [0, 0.05) is 38.1 Å². The SMILES string of the molecule is Cc1nc(C(C)C)sc1C(=O)N1CCN(C2CC2)CC(C)C1. The minimum atomic E-state index is 0.186. The van der Waals surface area contributed by atoms with E-state index in [1.807, 2.05) is 6.92 Å². The minimum Gasteiger partial charge on any atom is -0.336 e. The van der Waals surface area contributed by atoms with E-state index in [0.717, 1.165) is 47.8 Å². The fourth-order valence-electron chi connectivity index (χ4n) is 3.23. The lowest BCUT2D eigenvalue weighted by Gasteiger charge is -2.21. The highest BCUT2D eigenvalue weighted by molar-refractivity contribution is 7.13. The molecule has 1 aliphatic heterocycles. The van der Waals surface area contributed by atoms with Gasteiger partial charge in [0.15, 0.2) is 0 Å². The quantitative estimate of drug-likeness (QED) is 0.858. The summed E-state index contributed by atoms with van der Waals surface area (Å²) in [6.07, 6.45) is 2.68. The third-order valence-electron chi connectivity index (χ3n) is 4.59. The Morgan fingerprint density at radius 2 is 2.00 bits per heavy atom. The van der Waals surface area contributed by atoms with Crippen molar-refractivity contribution in [3.8, 4) is 0 Å². The van der Waals surface area contributed by atoms with Crippen LogP contribution in [0, 0.1) is 12.8 Å². The van der Waals surface area contributed by atoms with Gasteiger partial charge in [-0.25, -0.2) is 4.98 Å². The molecule has 5 heteroatoms. The summed E-state index contributed by atoms with van der Waals surface area (Å²) in [6, 6.07) is 0.787. The molecule has 0 aromatic carbocycles. The second-order valence-corrected chi connectivity index (χ2v) is 8.23. The number of carbonyl (C=O) groups excluding carboxylic acids is 1. The summed E-state index contributed by atoms with van der Waals surface area (Å²) in [4.78, 5) is 23.0. The summed E-state index contributed by atoms with van der Waals surface area (Å²) in [5, 5.41) is 1.07. The maximum Gasteiger partial charge on any atom is 0.265 e. The Morgan fingerprint density at radius 1 is 1.27 bits per heavy atom. The molecule has 1 aliphatic carbocycles. The van der Waals surface area contributed by atoms with Gasteiger partial charge in [-0.2, -0.15) is 0 Å². The lowest BCUT2D eigenvalue weighted by atomic mass is 10.1. The maximum absolute atomic E-state index is 12.9. The topological polar surface area (TPSA) is 36.4 Å². The van der Waals surface area contributed by atoms with Gasteiger partial charge in [-0.3, -0.25) is 9.69 Å². The van der Waals surface area contributed by atoms with Crippen LogP contribution in [0.2, 0.25) is 0 Å². The molecule has 1 saturated carbocycles. The Balaban J connectivity index is 1.73. The molecule has 1 unspecified atom stereocenters. The lowest BCUT2D eigenvalue weighted by Crippen LogP contribution is -2.36. The van der Waals surface area contributed by atoms with Crippen molar-refractivity contribution < 1.29 is 4.79 Å². The van der Waals surface area contributed by atoms with Gasteiger partial charge in [0.25, 0.3) is 5.91 Å². The van der Waals surface area contributed by atoms with Crippen molar-refractivity contribution in [2.24, 2.45) is 5.92 Å². The van der Waals surface area contributed by atoms with Crippen molar-refractivity contribution in [1.82, 2.24) is 14.8 Å². The first kappa shape index (κ1) is 15.9. The number of nitrogens with zero attached hydrogens (tertiary/aromatic N) is 3. The monoisotopic (exact) mass is 321 g/mol. The van der Waals surface area contributed by atoms with Gasteiger partial charge in [-0.1, -0.05) is 20.8 Å². The zero-order valence-electron chi connectivity index (χ0n) is 14.1. The Morgan fingerprint density at radius 3 is 2.59 bits per heavy atom. The van der Waals surface area contributed by atoms with E-state index in [-0.39, 0.29) is 5.91 Å². The first-order valence-corrected chi connectivity index (χ1v) is 9.28. The maximum atomic E-state index is 12.9. The number of hydrogen-bond acceptors (Lipinski definition) is 4. The van der Waals surface area contributed by atoms with E-state index in [4.69, 9.17) is 0 Å². The van der Waals surface area contributed by atoms with Crippen LogP contribution in [0.1, 0.15) is 59.9 Å². The summed E-state index contributed by atoms with van der Waals surface area (Å²) in [7, 11) is 0. The second-order valence-electron chi connectivity index (χ2n) is 7.20. The zero-order valence-corrected chi connectivity index (χ0v) is 14.9. The summed E-state index contributed by atoms with van der Waals surface area (Å²) in [6.45, 7) is 12.4. The highest BCUT2D eigenvalue weighted by Crippen LogP contribution is 2.30. The van der Waals surface area contributed by atoms with Crippen molar-refractivity contribution in [1.29, 1.82) is 0 Å². The van der Waals surface area contributed by atoms with Crippen molar-refractivity contribution in [2.45, 2.75) is 52.5 Å². The van der Waals surface area contributed by atoms with Crippen molar-refractivity contribution in [2.75, 3.05) is 26.2 Å². The van der Waals surface area contributed by atoms with Gasteiger partial charge in [-0.05, 0) is 25.7 Å². The summed E-state index contributed by atoms with van der Waals surface area (Å²) in [5.74, 6) is 1.12. The number of aromatic nitrogens is 1. The summed E-state index contributed by atoms with van der Waals surface area (Å²) < 4.78 is 0. The molecule has 0 radical (unpaired) electrons. The van der Waals surface area contributed by atoms with E-state index < -0.39 is 0 Å². The number of hydrogen-bond donors (Lipinski definition) is 0. The number of aryl methyl sites for hydroxylation is 1. The number of thiazole rings is 1. The third-order valence-corrected chi connectivity index (χ3v) is 6.03. The lowest BCUT2D eigenvalue weighted by molar-refractivity contribution is 0.0752. The van der Waals surface area contributed by atoms with Crippen molar-refractivity contribution in [3.63, 3.8) is 0 Å². The molecule has 1 saturated heterocycles. The van der Waals surface area contributed by atoms with Crippen LogP contribution in [0.4, 0.5) is 0 Å². The van der Waals surface area contributed by atoms with Gasteiger partial charge in [0.2, 0.25) is 0 Å². The van der Waals surface area contributed by atoms with Gasteiger partial charge in [0.05, 0.1) is 10.7 Å². The zero-order chi connectivity index (χ0) is 15.9. The third kappa shape index (κ3) is 3.35. The molecule has 2 heterocycles. The van der Waals surface area contributed by atoms with Crippen LogP contribution in [0.3, 0.4) is 0 Å². The van der Waals surface area contributed by atoms with E-state index in [9.17, 15) is 4.79 Å². The van der Waals surface area contributed by atoms with E-state index in [2.05, 4.69) is 35.6 Å².